The van der Waals surface area contributed by atoms with Crippen molar-refractivity contribution in [2.24, 2.45) is 0 Å². The van der Waals surface area contributed by atoms with Gasteiger partial charge >= 0.3 is 58.2 Å². The molecule has 0 unspecified atom stereocenters. The van der Waals surface area contributed by atoms with Crippen molar-refractivity contribution >= 4 is 16.6 Å². The van der Waals surface area contributed by atoms with Gasteiger partial charge in [-0.05, 0) is 29.8 Å². The molecule has 0 spiro atoms. The zero-order valence-electron chi connectivity index (χ0n) is 8.88. The maximum absolute atomic E-state index is 5.74. The molecular weight excluding hydrogens is 260 g/mol. The number of H-pyrrole nitrogens is 1. The van der Waals surface area contributed by atoms with E-state index in [0.29, 0.717) is 0 Å². The topological polar surface area (TPSA) is 55.9 Å². The number of nitrogen functional groups attached to an aromatic ring is 1. The van der Waals surface area contributed by atoms with Crippen LogP contribution >= 0.6 is 0 Å². The fourth-order valence-corrected chi connectivity index (χ4v) is 2.13. The average Bonchev–Trinajstić information content (AvgIpc) is 2.54. The fraction of sp³-hybridized carbons (Fsp3) is 0.273. The van der Waals surface area contributed by atoms with Crippen molar-refractivity contribution in [3.8, 4) is 0 Å². The van der Waals surface area contributed by atoms with Crippen LogP contribution in [0.2, 0.25) is 0 Å². The summed E-state index contributed by atoms with van der Waals surface area (Å²) in [6, 6.07) is 6.06. The molecule has 1 aromatic carbocycles. The Kier molecular flexibility index (Phi) is 3.68. The van der Waals surface area contributed by atoms with Crippen LogP contribution in [-0.4, -0.2) is 11.5 Å². The van der Waals surface area contributed by atoms with Gasteiger partial charge in [0.05, 0.1) is 0 Å². The minimum Gasteiger partial charge on any atom is -0.657 e. The third-order valence-corrected chi connectivity index (χ3v) is 2.81. The molecule has 3 N–H and O–H groups in total. The minimum atomic E-state index is 0. The van der Waals surface area contributed by atoms with Gasteiger partial charge in [0, 0.05) is 16.6 Å². The first-order chi connectivity index (χ1) is 6.84. The van der Waals surface area contributed by atoms with Gasteiger partial charge in [0.2, 0.25) is 0 Å². The third-order valence-electron chi connectivity index (χ3n) is 2.81. The number of anilines is 1. The van der Waals surface area contributed by atoms with Crippen LogP contribution in [0.1, 0.15) is 11.3 Å². The summed E-state index contributed by atoms with van der Waals surface area (Å²) in [6.07, 6.45) is 1.05. The summed E-state index contributed by atoms with van der Waals surface area (Å²) in [5, 5.41) is 5.68. The second kappa shape index (κ2) is 4.68. The second-order valence-electron chi connectivity index (χ2n) is 3.74. The van der Waals surface area contributed by atoms with Crippen LogP contribution in [0.25, 0.3) is 16.2 Å². The van der Waals surface area contributed by atoms with Gasteiger partial charge in [0.15, 0.2) is 0 Å². The first kappa shape index (κ1) is 11.8. The number of nitrogens with zero attached hydrogens (tertiary/aromatic N) is 1. The summed E-state index contributed by atoms with van der Waals surface area (Å²) in [5.74, 6) is 0. The van der Waals surface area contributed by atoms with E-state index in [1.807, 2.05) is 12.1 Å². The van der Waals surface area contributed by atoms with Gasteiger partial charge in [-0.15, -0.1) is 13.1 Å². The molecule has 0 radical (unpaired) electrons. The van der Waals surface area contributed by atoms with Crippen molar-refractivity contribution in [2.75, 3.05) is 12.3 Å². The van der Waals surface area contributed by atoms with Gasteiger partial charge in [-0.3, -0.25) is 0 Å². The normalized spacial score (nSPS) is 14.7. The molecule has 0 saturated heterocycles. The molecular formula is C11H12N3Rb. The van der Waals surface area contributed by atoms with Crippen LogP contribution in [0, 0.1) is 0 Å². The van der Waals surface area contributed by atoms with Crippen LogP contribution in [-0.2, 0) is 13.0 Å². The molecule has 4 heteroatoms. The van der Waals surface area contributed by atoms with Crippen molar-refractivity contribution in [3.05, 3.63) is 34.8 Å². The quantitative estimate of drug-likeness (QED) is 0.605. The molecule has 2 heterocycles. The van der Waals surface area contributed by atoms with Gasteiger partial charge in [-0.2, -0.15) is 0 Å². The Labute approximate surface area is 138 Å². The molecule has 0 bridgehead atoms. The van der Waals surface area contributed by atoms with Gasteiger partial charge in [-0.25, -0.2) is 0 Å². The number of aromatic nitrogens is 1. The van der Waals surface area contributed by atoms with Crippen molar-refractivity contribution in [1.82, 2.24) is 4.98 Å². The molecule has 1 aromatic heterocycles. The monoisotopic (exact) mass is 271 g/mol. The van der Waals surface area contributed by atoms with E-state index in [4.69, 9.17) is 5.73 Å². The number of aromatic amines is 1. The Morgan fingerprint density at radius 3 is 3.07 bits per heavy atom. The van der Waals surface area contributed by atoms with E-state index in [2.05, 4.69) is 16.4 Å². The Bertz CT molecular complexity index is 490. The summed E-state index contributed by atoms with van der Waals surface area (Å²) in [6.45, 7) is 1.77. The predicted molar refractivity (Wildman–Crippen MR) is 58.3 cm³/mol. The molecule has 15 heavy (non-hydrogen) atoms. The molecule has 72 valence electrons. The van der Waals surface area contributed by atoms with E-state index >= 15 is 0 Å². The molecule has 0 amide bonds. The molecule has 2 aromatic rings. The maximum atomic E-state index is 5.74. The van der Waals surface area contributed by atoms with Gasteiger partial charge < -0.3 is 16.0 Å². The predicted octanol–water partition coefficient (Wildman–Crippen LogP) is -0.816. The summed E-state index contributed by atoms with van der Waals surface area (Å²) in [5.41, 5.74) is 10.4. The summed E-state index contributed by atoms with van der Waals surface area (Å²) in [4.78, 5) is 3.38. The first-order valence-electron chi connectivity index (χ1n) is 4.87. The standard InChI is InChI=1S/C11H12N3.Rb/c12-7-1-2-8-9-3-4-13-6-11(9)14-10(8)5-7;/h1-2,5,14H,3-4,6,12H2;/q-1;+1. The van der Waals surface area contributed by atoms with Crippen LogP contribution in [0.3, 0.4) is 0 Å². The van der Waals surface area contributed by atoms with Crippen molar-refractivity contribution < 1.29 is 58.2 Å². The molecule has 0 saturated carbocycles. The number of hydrogen-bond donors (Lipinski definition) is 2. The number of hydrogen-bond acceptors (Lipinski definition) is 1. The average molecular weight is 272 g/mol. The van der Waals surface area contributed by atoms with E-state index in [0.717, 1.165) is 30.7 Å². The largest absolute Gasteiger partial charge is 1.00 e. The van der Waals surface area contributed by atoms with E-state index in [-0.39, 0.29) is 58.2 Å². The Morgan fingerprint density at radius 2 is 2.20 bits per heavy atom. The first-order valence-corrected chi connectivity index (χ1v) is 4.87. The zero-order chi connectivity index (χ0) is 9.54. The summed E-state index contributed by atoms with van der Waals surface area (Å²) >= 11 is 0. The van der Waals surface area contributed by atoms with E-state index in [1.54, 1.807) is 0 Å². The maximum Gasteiger partial charge on any atom is 1.00 e. The summed E-state index contributed by atoms with van der Waals surface area (Å²) in [7, 11) is 0. The third kappa shape index (κ3) is 2.08. The fourth-order valence-electron chi connectivity index (χ4n) is 2.13. The van der Waals surface area contributed by atoms with Crippen molar-refractivity contribution in [3.63, 3.8) is 0 Å². The minimum absolute atomic E-state index is 0. The Morgan fingerprint density at radius 1 is 1.33 bits per heavy atom. The van der Waals surface area contributed by atoms with E-state index < -0.39 is 0 Å². The van der Waals surface area contributed by atoms with Gasteiger partial charge in [-0.1, -0.05) is 6.07 Å². The number of benzene rings is 1. The number of nitrogens with one attached hydrogen (secondary N) is 1. The Balaban J connectivity index is 0.000000853. The zero-order valence-corrected chi connectivity index (χ0v) is 13.8. The molecule has 1 aliphatic rings. The van der Waals surface area contributed by atoms with Gasteiger partial charge in [0.1, 0.15) is 0 Å². The number of rotatable bonds is 0. The second-order valence-corrected chi connectivity index (χ2v) is 3.74. The van der Waals surface area contributed by atoms with Crippen LogP contribution in [0.15, 0.2) is 18.2 Å². The number of nitrogens with two attached hydrogens (primary N) is 1. The van der Waals surface area contributed by atoms with Crippen molar-refractivity contribution in [2.45, 2.75) is 13.0 Å². The van der Waals surface area contributed by atoms with Crippen LogP contribution < -0.4 is 63.9 Å². The van der Waals surface area contributed by atoms with E-state index in [1.165, 1.54) is 16.6 Å². The van der Waals surface area contributed by atoms with Crippen LogP contribution in [0.4, 0.5) is 5.69 Å². The molecule has 3 nitrogen and oxygen atoms in total. The summed E-state index contributed by atoms with van der Waals surface area (Å²) < 4.78 is 0. The van der Waals surface area contributed by atoms with Crippen molar-refractivity contribution in [1.29, 1.82) is 0 Å². The van der Waals surface area contributed by atoms with E-state index in [9.17, 15) is 0 Å². The molecule has 0 fully saturated rings. The molecule has 0 aliphatic carbocycles. The Hall–Kier alpha value is 0.325. The molecule has 1 aliphatic heterocycles. The number of fused-ring (bicyclic) bond motifs is 3. The smallest absolute Gasteiger partial charge is 0.657 e. The SMILES string of the molecule is Nc1ccc2c3c([nH]c2c1)C[N-]CC3.[Rb+]. The van der Waals surface area contributed by atoms with Gasteiger partial charge in [0.25, 0.3) is 0 Å². The molecule has 3 rings (SSSR count). The molecule has 0 atom stereocenters. The van der Waals surface area contributed by atoms with Crippen LogP contribution in [0.5, 0.6) is 0 Å².